The maximum absolute atomic E-state index is 12.7. The molecule has 0 fully saturated rings. The third-order valence-corrected chi connectivity index (χ3v) is 3.23. The molecule has 0 aromatic heterocycles. The first-order chi connectivity index (χ1) is 9.02. The van der Waals surface area contributed by atoms with Crippen LogP contribution in [0.4, 0.5) is 13.2 Å². The predicted octanol–water partition coefficient (Wildman–Crippen LogP) is 5.25. The lowest BCUT2D eigenvalue weighted by molar-refractivity contribution is -0.137. The minimum atomic E-state index is -4.29. The molecule has 19 heavy (non-hydrogen) atoms. The molecule has 2 aromatic carbocycles. The molecule has 0 spiro atoms. The quantitative estimate of drug-likeness (QED) is 0.710. The van der Waals surface area contributed by atoms with E-state index in [1.165, 1.54) is 12.1 Å². The van der Waals surface area contributed by atoms with E-state index < -0.39 is 11.7 Å². The SMILES string of the molecule is CCC(c1ccccc1)c1cccc(C(F)(F)F)c1. The van der Waals surface area contributed by atoms with Crippen molar-refractivity contribution >= 4 is 0 Å². The fourth-order valence-corrected chi connectivity index (χ4v) is 2.28. The van der Waals surface area contributed by atoms with Crippen LogP contribution in [-0.2, 0) is 6.18 Å². The molecule has 0 nitrogen and oxygen atoms in total. The minimum absolute atomic E-state index is 0.00324. The monoisotopic (exact) mass is 264 g/mol. The Kier molecular flexibility index (Phi) is 3.93. The molecule has 0 saturated carbocycles. The summed E-state index contributed by atoms with van der Waals surface area (Å²) in [5.41, 5.74) is 1.17. The molecular formula is C16H15F3. The summed E-state index contributed by atoms with van der Waals surface area (Å²) in [4.78, 5) is 0. The molecular weight excluding hydrogens is 249 g/mol. The van der Waals surface area contributed by atoms with Crippen LogP contribution in [0.25, 0.3) is 0 Å². The van der Waals surface area contributed by atoms with Crippen LogP contribution < -0.4 is 0 Å². The molecule has 2 aromatic rings. The molecule has 0 aliphatic rings. The number of benzene rings is 2. The highest BCUT2D eigenvalue weighted by Crippen LogP contribution is 2.33. The van der Waals surface area contributed by atoms with Crippen molar-refractivity contribution in [3.05, 3.63) is 71.3 Å². The summed E-state index contributed by atoms with van der Waals surface area (Å²) >= 11 is 0. The Morgan fingerprint density at radius 3 is 2.11 bits per heavy atom. The second kappa shape index (κ2) is 5.47. The zero-order valence-corrected chi connectivity index (χ0v) is 10.6. The smallest absolute Gasteiger partial charge is 0.166 e. The molecule has 0 heterocycles. The summed E-state index contributed by atoms with van der Waals surface area (Å²) in [6, 6.07) is 15.2. The summed E-state index contributed by atoms with van der Waals surface area (Å²) in [7, 11) is 0. The molecule has 2 rings (SSSR count). The fourth-order valence-electron chi connectivity index (χ4n) is 2.28. The molecule has 0 saturated heterocycles. The normalized spacial score (nSPS) is 13.3. The van der Waals surface area contributed by atoms with E-state index in [9.17, 15) is 13.2 Å². The van der Waals surface area contributed by atoms with E-state index in [4.69, 9.17) is 0 Å². The lowest BCUT2D eigenvalue weighted by Gasteiger charge is -2.17. The molecule has 1 unspecified atom stereocenters. The van der Waals surface area contributed by atoms with E-state index in [2.05, 4.69) is 0 Å². The largest absolute Gasteiger partial charge is 0.416 e. The molecule has 0 radical (unpaired) electrons. The van der Waals surface area contributed by atoms with E-state index in [-0.39, 0.29) is 5.92 Å². The van der Waals surface area contributed by atoms with E-state index in [1.54, 1.807) is 6.07 Å². The van der Waals surface area contributed by atoms with Gasteiger partial charge in [-0.1, -0.05) is 55.5 Å². The Morgan fingerprint density at radius 1 is 0.895 bits per heavy atom. The van der Waals surface area contributed by atoms with Gasteiger partial charge in [-0.3, -0.25) is 0 Å². The zero-order chi connectivity index (χ0) is 13.9. The van der Waals surface area contributed by atoms with E-state index in [1.807, 2.05) is 37.3 Å². The summed E-state index contributed by atoms with van der Waals surface area (Å²) < 4.78 is 38.2. The first-order valence-electron chi connectivity index (χ1n) is 6.24. The van der Waals surface area contributed by atoms with Gasteiger partial charge in [-0.25, -0.2) is 0 Å². The van der Waals surface area contributed by atoms with Gasteiger partial charge in [0.05, 0.1) is 5.56 Å². The van der Waals surface area contributed by atoms with Gasteiger partial charge in [0, 0.05) is 5.92 Å². The van der Waals surface area contributed by atoms with Gasteiger partial charge < -0.3 is 0 Å². The molecule has 0 bridgehead atoms. The molecule has 0 aliphatic carbocycles. The van der Waals surface area contributed by atoms with Crippen molar-refractivity contribution in [3.8, 4) is 0 Å². The predicted molar refractivity (Wildman–Crippen MR) is 70.0 cm³/mol. The Bertz CT molecular complexity index is 529. The molecule has 100 valence electrons. The topological polar surface area (TPSA) is 0 Å². The first kappa shape index (κ1) is 13.7. The Morgan fingerprint density at radius 2 is 1.53 bits per heavy atom. The van der Waals surface area contributed by atoms with Gasteiger partial charge in [0.15, 0.2) is 0 Å². The van der Waals surface area contributed by atoms with E-state index in [0.29, 0.717) is 5.56 Å². The fraction of sp³-hybridized carbons (Fsp3) is 0.250. The average molecular weight is 264 g/mol. The van der Waals surface area contributed by atoms with Gasteiger partial charge in [0.25, 0.3) is 0 Å². The van der Waals surface area contributed by atoms with E-state index >= 15 is 0 Å². The molecule has 3 heteroatoms. The van der Waals surface area contributed by atoms with Crippen LogP contribution in [0.5, 0.6) is 0 Å². The van der Waals surface area contributed by atoms with Crippen LogP contribution in [0.15, 0.2) is 54.6 Å². The van der Waals surface area contributed by atoms with Crippen molar-refractivity contribution in [1.82, 2.24) is 0 Å². The molecule has 0 aliphatic heterocycles. The number of halogens is 3. The van der Waals surface area contributed by atoms with Gasteiger partial charge >= 0.3 is 6.18 Å². The molecule has 0 N–H and O–H groups in total. The third kappa shape index (κ3) is 3.16. The summed E-state index contributed by atoms with van der Waals surface area (Å²) in [6.45, 7) is 1.98. The average Bonchev–Trinajstić information content (AvgIpc) is 2.40. The van der Waals surface area contributed by atoms with Gasteiger partial charge in [-0.2, -0.15) is 13.2 Å². The lowest BCUT2D eigenvalue weighted by Crippen LogP contribution is -2.07. The second-order valence-corrected chi connectivity index (χ2v) is 4.49. The minimum Gasteiger partial charge on any atom is -0.166 e. The Hall–Kier alpha value is -1.77. The van der Waals surface area contributed by atoms with Crippen molar-refractivity contribution < 1.29 is 13.2 Å². The number of rotatable bonds is 3. The standard InChI is InChI=1S/C16H15F3/c1-2-15(12-7-4-3-5-8-12)13-9-6-10-14(11-13)16(17,18)19/h3-11,15H,2H2,1H3. The number of alkyl halides is 3. The van der Waals surface area contributed by atoms with Gasteiger partial charge in [0.2, 0.25) is 0 Å². The Balaban J connectivity index is 2.40. The van der Waals surface area contributed by atoms with Crippen molar-refractivity contribution in [1.29, 1.82) is 0 Å². The summed E-state index contributed by atoms with van der Waals surface area (Å²) in [6.07, 6.45) is -3.52. The lowest BCUT2D eigenvalue weighted by atomic mass is 9.88. The number of hydrogen-bond donors (Lipinski definition) is 0. The van der Waals surface area contributed by atoms with Crippen molar-refractivity contribution in [2.75, 3.05) is 0 Å². The second-order valence-electron chi connectivity index (χ2n) is 4.49. The summed E-state index contributed by atoms with van der Waals surface area (Å²) in [5, 5.41) is 0. The van der Waals surface area contributed by atoms with Gasteiger partial charge in [-0.15, -0.1) is 0 Å². The number of hydrogen-bond acceptors (Lipinski definition) is 0. The zero-order valence-electron chi connectivity index (χ0n) is 10.6. The maximum Gasteiger partial charge on any atom is 0.416 e. The summed E-state index contributed by atoms with van der Waals surface area (Å²) in [5.74, 6) is 0.00324. The highest BCUT2D eigenvalue weighted by Gasteiger charge is 2.30. The van der Waals surface area contributed by atoms with Crippen LogP contribution in [0, 0.1) is 0 Å². The Labute approximate surface area is 110 Å². The van der Waals surface area contributed by atoms with Crippen LogP contribution in [0.2, 0.25) is 0 Å². The van der Waals surface area contributed by atoms with Gasteiger partial charge in [-0.05, 0) is 23.6 Å². The van der Waals surface area contributed by atoms with Crippen molar-refractivity contribution in [2.45, 2.75) is 25.4 Å². The van der Waals surface area contributed by atoms with Crippen LogP contribution in [0.3, 0.4) is 0 Å². The van der Waals surface area contributed by atoms with Crippen LogP contribution in [-0.4, -0.2) is 0 Å². The third-order valence-electron chi connectivity index (χ3n) is 3.23. The van der Waals surface area contributed by atoms with Crippen LogP contribution in [0.1, 0.15) is 36.0 Å². The molecule has 1 atom stereocenters. The maximum atomic E-state index is 12.7. The van der Waals surface area contributed by atoms with E-state index in [0.717, 1.165) is 18.1 Å². The first-order valence-corrected chi connectivity index (χ1v) is 6.24. The van der Waals surface area contributed by atoms with Crippen LogP contribution >= 0.6 is 0 Å². The van der Waals surface area contributed by atoms with Crippen molar-refractivity contribution in [2.24, 2.45) is 0 Å². The van der Waals surface area contributed by atoms with Crippen molar-refractivity contribution in [3.63, 3.8) is 0 Å². The van der Waals surface area contributed by atoms with Gasteiger partial charge in [0.1, 0.15) is 0 Å². The molecule has 0 amide bonds. The highest BCUT2D eigenvalue weighted by molar-refractivity contribution is 5.35. The highest BCUT2D eigenvalue weighted by atomic mass is 19.4.